The fraction of sp³-hybridized carbons (Fsp3) is 0.591. The van der Waals surface area contributed by atoms with Crippen LogP contribution in [0, 0.1) is 0 Å². The van der Waals surface area contributed by atoms with E-state index < -0.39 is 0 Å². The van der Waals surface area contributed by atoms with Gasteiger partial charge in [-0.3, -0.25) is 9.69 Å². The number of aromatic nitrogens is 3. The molecule has 4 rings (SSSR count). The molecule has 0 unspecified atom stereocenters. The summed E-state index contributed by atoms with van der Waals surface area (Å²) >= 11 is 0. The van der Waals surface area contributed by atoms with E-state index in [-0.39, 0.29) is 5.91 Å². The minimum atomic E-state index is 0.249. The quantitative estimate of drug-likeness (QED) is 0.685. The zero-order valence-corrected chi connectivity index (χ0v) is 17.5. The lowest BCUT2D eigenvalue weighted by Crippen LogP contribution is -2.44. The van der Waals surface area contributed by atoms with E-state index in [9.17, 15) is 4.79 Å². The zero-order valence-electron chi connectivity index (χ0n) is 17.5. The Balaban J connectivity index is 1.31. The Morgan fingerprint density at radius 3 is 2.52 bits per heavy atom. The third kappa shape index (κ3) is 4.78. The van der Waals surface area contributed by atoms with Crippen molar-refractivity contribution in [1.82, 2.24) is 24.6 Å². The number of nitrogens with zero attached hydrogens (tertiary/aromatic N) is 5. The highest BCUT2D eigenvalue weighted by Gasteiger charge is 2.34. The lowest BCUT2D eigenvalue weighted by atomic mass is 9.96. The van der Waals surface area contributed by atoms with Gasteiger partial charge in [0.1, 0.15) is 17.9 Å². The highest BCUT2D eigenvalue weighted by molar-refractivity contribution is 5.79. The van der Waals surface area contributed by atoms with Crippen LogP contribution in [0.15, 0.2) is 30.6 Å². The Morgan fingerprint density at radius 1 is 1.17 bits per heavy atom. The lowest BCUT2D eigenvalue weighted by molar-refractivity contribution is -0.134. The predicted molar refractivity (Wildman–Crippen MR) is 111 cm³/mol. The maximum Gasteiger partial charge on any atom is 0.237 e. The molecule has 1 saturated carbocycles. The topological polar surface area (TPSA) is 63.5 Å². The van der Waals surface area contributed by atoms with Crippen molar-refractivity contribution in [2.45, 2.75) is 57.7 Å². The number of rotatable bonds is 8. The monoisotopic (exact) mass is 397 g/mol. The molecule has 2 aromatic rings. The van der Waals surface area contributed by atoms with Crippen LogP contribution in [0.1, 0.15) is 49.9 Å². The van der Waals surface area contributed by atoms with Crippen LogP contribution in [0.25, 0.3) is 0 Å². The van der Waals surface area contributed by atoms with E-state index in [4.69, 9.17) is 4.74 Å². The SMILES string of the molecule is CCn1cnnc1C1CCN(CC(=O)N(Cc2ccc(OC)cc2)C2CC2)CC1. The summed E-state index contributed by atoms with van der Waals surface area (Å²) in [5.74, 6) is 2.64. The number of benzene rings is 1. The standard InChI is InChI=1S/C22H31N5O2/c1-3-26-16-23-24-22(26)18-10-12-25(13-11-18)15-21(28)27(19-6-7-19)14-17-4-8-20(29-2)9-5-17/h4-5,8-9,16,18-19H,3,6-7,10-15H2,1-2H3. The molecule has 1 aliphatic carbocycles. The third-order valence-corrected chi connectivity index (χ3v) is 6.12. The van der Waals surface area contributed by atoms with Gasteiger partial charge in [-0.25, -0.2) is 0 Å². The van der Waals surface area contributed by atoms with Crippen molar-refractivity contribution in [3.8, 4) is 5.75 Å². The Bertz CT molecular complexity index is 807. The van der Waals surface area contributed by atoms with Gasteiger partial charge >= 0.3 is 0 Å². The average Bonchev–Trinajstić information content (AvgIpc) is 3.48. The second-order valence-electron chi connectivity index (χ2n) is 8.13. The molecule has 2 heterocycles. The van der Waals surface area contributed by atoms with E-state index in [1.807, 2.05) is 18.5 Å². The Hall–Kier alpha value is -2.41. The number of hydrogen-bond donors (Lipinski definition) is 0. The highest BCUT2D eigenvalue weighted by atomic mass is 16.5. The number of ether oxygens (including phenoxy) is 1. The molecule has 1 aromatic carbocycles. The molecule has 1 amide bonds. The third-order valence-electron chi connectivity index (χ3n) is 6.12. The van der Waals surface area contributed by atoms with Crippen molar-refractivity contribution in [3.05, 3.63) is 42.0 Å². The summed E-state index contributed by atoms with van der Waals surface area (Å²) in [4.78, 5) is 17.4. The molecule has 0 atom stereocenters. The average molecular weight is 398 g/mol. The first-order chi connectivity index (χ1) is 14.2. The van der Waals surface area contributed by atoms with Gasteiger partial charge in [-0.1, -0.05) is 12.1 Å². The molecule has 0 N–H and O–H groups in total. The minimum absolute atomic E-state index is 0.249. The molecular weight excluding hydrogens is 366 g/mol. The fourth-order valence-electron chi connectivity index (χ4n) is 4.19. The zero-order chi connectivity index (χ0) is 20.2. The fourth-order valence-corrected chi connectivity index (χ4v) is 4.19. The summed E-state index contributed by atoms with van der Waals surface area (Å²) in [7, 11) is 1.67. The first-order valence-electron chi connectivity index (χ1n) is 10.7. The molecular formula is C22H31N5O2. The molecule has 7 heteroatoms. The number of carbonyl (C=O) groups excluding carboxylic acids is 1. The number of methoxy groups -OCH3 is 1. The summed E-state index contributed by atoms with van der Waals surface area (Å²) in [5, 5.41) is 8.39. The summed E-state index contributed by atoms with van der Waals surface area (Å²) in [6.07, 6.45) is 6.13. The van der Waals surface area contributed by atoms with Gasteiger partial charge in [0, 0.05) is 25.0 Å². The van der Waals surface area contributed by atoms with E-state index in [2.05, 4.69) is 43.6 Å². The number of hydrogen-bond acceptors (Lipinski definition) is 5. The van der Waals surface area contributed by atoms with Crippen molar-refractivity contribution < 1.29 is 9.53 Å². The summed E-state index contributed by atoms with van der Waals surface area (Å²) in [6, 6.07) is 8.44. The maximum absolute atomic E-state index is 13.1. The van der Waals surface area contributed by atoms with Gasteiger partial charge in [-0.15, -0.1) is 10.2 Å². The smallest absolute Gasteiger partial charge is 0.237 e. The molecule has 0 spiro atoms. The van der Waals surface area contributed by atoms with E-state index in [0.717, 1.165) is 62.5 Å². The van der Waals surface area contributed by atoms with Crippen molar-refractivity contribution in [2.24, 2.45) is 0 Å². The van der Waals surface area contributed by atoms with E-state index >= 15 is 0 Å². The Labute approximate surface area is 172 Å². The van der Waals surface area contributed by atoms with Crippen LogP contribution in [0.3, 0.4) is 0 Å². The highest BCUT2D eigenvalue weighted by Crippen LogP contribution is 2.30. The molecule has 2 aliphatic rings. The van der Waals surface area contributed by atoms with E-state index in [1.165, 1.54) is 0 Å². The van der Waals surface area contributed by atoms with Crippen molar-refractivity contribution in [3.63, 3.8) is 0 Å². The van der Waals surface area contributed by atoms with Gasteiger partial charge < -0.3 is 14.2 Å². The molecule has 0 bridgehead atoms. The number of amides is 1. The van der Waals surface area contributed by atoms with E-state index in [1.54, 1.807) is 7.11 Å². The van der Waals surface area contributed by atoms with Crippen LogP contribution in [0.4, 0.5) is 0 Å². The van der Waals surface area contributed by atoms with Crippen LogP contribution < -0.4 is 4.74 Å². The second-order valence-corrected chi connectivity index (χ2v) is 8.13. The number of aryl methyl sites for hydroxylation is 1. The van der Waals surface area contributed by atoms with Crippen LogP contribution in [0.5, 0.6) is 5.75 Å². The van der Waals surface area contributed by atoms with Gasteiger partial charge in [-0.2, -0.15) is 0 Å². The van der Waals surface area contributed by atoms with Gasteiger partial charge in [-0.05, 0) is 63.4 Å². The van der Waals surface area contributed by atoms with Crippen LogP contribution in [-0.4, -0.2) is 63.3 Å². The number of piperidine rings is 1. The minimum Gasteiger partial charge on any atom is -0.497 e. The lowest BCUT2D eigenvalue weighted by Gasteiger charge is -2.33. The summed E-state index contributed by atoms with van der Waals surface area (Å²) in [6.45, 7) is 6.10. The largest absolute Gasteiger partial charge is 0.497 e. The molecule has 7 nitrogen and oxygen atoms in total. The maximum atomic E-state index is 13.1. The van der Waals surface area contributed by atoms with Gasteiger partial charge in [0.15, 0.2) is 0 Å². The molecule has 0 radical (unpaired) electrons. The Morgan fingerprint density at radius 2 is 1.90 bits per heavy atom. The number of likely N-dealkylation sites (tertiary alicyclic amines) is 1. The molecule has 2 fully saturated rings. The summed E-state index contributed by atoms with van der Waals surface area (Å²) < 4.78 is 7.37. The van der Waals surface area contributed by atoms with Crippen molar-refractivity contribution in [2.75, 3.05) is 26.7 Å². The molecule has 1 aromatic heterocycles. The Kier molecular flexibility index (Phi) is 6.13. The number of carbonyl (C=O) groups is 1. The molecule has 156 valence electrons. The molecule has 1 aliphatic heterocycles. The second kappa shape index (κ2) is 8.95. The van der Waals surface area contributed by atoms with Gasteiger partial charge in [0.25, 0.3) is 0 Å². The molecule has 1 saturated heterocycles. The van der Waals surface area contributed by atoms with Crippen molar-refractivity contribution in [1.29, 1.82) is 0 Å². The molecule has 29 heavy (non-hydrogen) atoms. The van der Waals surface area contributed by atoms with Crippen molar-refractivity contribution >= 4 is 5.91 Å². The van der Waals surface area contributed by atoms with Gasteiger partial charge in [0.2, 0.25) is 5.91 Å². The first kappa shape index (κ1) is 19.9. The van der Waals surface area contributed by atoms with Crippen LogP contribution in [-0.2, 0) is 17.9 Å². The first-order valence-corrected chi connectivity index (χ1v) is 10.7. The van der Waals surface area contributed by atoms with E-state index in [0.29, 0.717) is 25.0 Å². The van der Waals surface area contributed by atoms with Crippen LogP contribution in [0.2, 0.25) is 0 Å². The van der Waals surface area contributed by atoms with Gasteiger partial charge in [0.05, 0.1) is 13.7 Å². The normalized spacial score (nSPS) is 18.0. The predicted octanol–water partition coefficient (Wildman–Crippen LogP) is 2.68. The van der Waals surface area contributed by atoms with Crippen LogP contribution >= 0.6 is 0 Å². The summed E-state index contributed by atoms with van der Waals surface area (Å²) in [5.41, 5.74) is 1.16.